The molecule has 21 heavy (non-hydrogen) atoms. The first-order valence-electron chi connectivity index (χ1n) is 6.60. The minimum absolute atomic E-state index is 0.0554. The van der Waals surface area contributed by atoms with Crippen LogP contribution >= 0.6 is 11.6 Å². The Balaban J connectivity index is 1.93. The first-order valence-corrected chi connectivity index (χ1v) is 8.87. The Bertz CT molecular complexity index is 634. The molecule has 6 nitrogen and oxygen atoms in total. The molecule has 1 aliphatic rings. The fourth-order valence-corrected chi connectivity index (χ4v) is 3.38. The normalized spacial score (nSPS) is 15.3. The van der Waals surface area contributed by atoms with E-state index < -0.39 is 9.84 Å². The molecule has 0 aliphatic carbocycles. The van der Waals surface area contributed by atoms with E-state index in [1.165, 1.54) is 6.07 Å². The van der Waals surface area contributed by atoms with Crippen molar-refractivity contribution in [1.82, 2.24) is 15.5 Å². The Hall–Kier alpha value is -1.31. The van der Waals surface area contributed by atoms with Crippen molar-refractivity contribution in [2.24, 2.45) is 0 Å². The molecule has 1 fully saturated rings. The number of halogens is 1. The fraction of sp³-hybridized carbons (Fsp3) is 0.462. The number of carbonyl (C=O) groups excluding carboxylic acids is 1. The number of nitrogens with zero attached hydrogens (tertiary/aromatic N) is 1. The van der Waals surface area contributed by atoms with Crippen LogP contribution in [0.3, 0.4) is 0 Å². The highest BCUT2D eigenvalue weighted by atomic mass is 35.5. The van der Waals surface area contributed by atoms with Gasteiger partial charge in [-0.2, -0.15) is 0 Å². The van der Waals surface area contributed by atoms with Crippen LogP contribution in [0.25, 0.3) is 0 Å². The van der Waals surface area contributed by atoms with Crippen LogP contribution in [-0.2, 0) is 16.4 Å². The first-order chi connectivity index (χ1) is 9.88. The Morgan fingerprint density at radius 2 is 2.19 bits per heavy atom. The summed E-state index contributed by atoms with van der Waals surface area (Å²) < 4.78 is 23.5. The lowest BCUT2D eigenvalue weighted by Gasteiger charge is -2.15. The molecule has 0 bridgehead atoms. The van der Waals surface area contributed by atoms with Crippen molar-refractivity contribution in [3.63, 3.8) is 0 Å². The second kappa shape index (κ2) is 6.64. The highest BCUT2D eigenvalue weighted by Crippen LogP contribution is 2.20. The maximum atomic E-state index is 11.7. The second-order valence-corrected chi connectivity index (χ2v) is 7.34. The smallest absolute Gasteiger partial charge is 0.317 e. The molecule has 2 N–H and O–H groups in total. The van der Waals surface area contributed by atoms with E-state index in [1.807, 2.05) is 0 Å². The Labute approximate surface area is 129 Å². The van der Waals surface area contributed by atoms with Gasteiger partial charge in [0.1, 0.15) is 0 Å². The molecule has 2 amide bonds. The molecule has 8 heteroatoms. The van der Waals surface area contributed by atoms with Gasteiger partial charge >= 0.3 is 6.03 Å². The number of hydrogen-bond acceptors (Lipinski definition) is 4. The third-order valence-electron chi connectivity index (χ3n) is 3.25. The molecule has 0 radical (unpaired) electrons. The van der Waals surface area contributed by atoms with Crippen LogP contribution < -0.4 is 10.6 Å². The maximum Gasteiger partial charge on any atom is 0.317 e. The van der Waals surface area contributed by atoms with Gasteiger partial charge in [-0.05, 0) is 17.7 Å². The van der Waals surface area contributed by atoms with Crippen molar-refractivity contribution in [2.75, 3.05) is 32.4 Å². The number of hydrogen-bond donors (Lipinski definition) is 2. The van der Waals surface area contributed by atoms with Crippen LogP contribution in [0.2, 0.25) is 5.02 Å². The van der Waals surface area contributed by atoms with E-state index in [4.69, 9.17) is 11.6 Å². The van der Waals surface area contributed by atoms with E-state index in [2.05, 4.69) is 10.6 Å². The molecule has 2 rings (SSSR count). The van der Waals surface area contributed by atoms with Gasteiger partial charge in [0, 0.05) is 44.0 Å². The van der Waals surface area contributed by atoms with Gasteiger partial charge < -0.3 is 15.5 Å². The predicted molar refractivity (Wildman–Crippen MR) is 81.2 cm³/mol. The lowest BCUT2D eigenvalue weighted by atomic mass is 10.2. The summed E-state index contributed by atoms with van der Waals surface area (Å²) in [7, 11) is -3.32. The zero-order valence-corrected chi connectivity index (χ0v) is 13.3. The van der Waals surface area contributed by atoms with E-state index in [-0.39, 0.29) is 10.9 Å². The minimum atomic E-state index is -3.32. The molecule has 0 unspecified atom stereocenters. The number of rotatable bonds is 6. The van der Waals surface area contributed by atoms with Gasteiger partial charge in [-0.15, -0.1) is 0 Å². The number of benzene rings is 1. The molecule has 1 heterocycles. The summed E-state index contributed by atoms with van der Waals surface area (Å²) in [6.45, 7) is 2.98. The quantitative estimate of drug-likeness (QED) is 0.758. The average Bonchev–Trinajstić information content (AvgIpc) is 2.80. The average molecular weight is 332 g/mol. The largest absolute Gasteiger partial charge is 0.336 e. The van der Waals surface area contributed by atoms with Crippen molar-refractivity contribution >= 4 is 27.5 Å². The third-order valence-corrected chi connectivity index (χ3v) is 4.66. The SMILES string of the molecule is CS(=O)(=O)c1cc(Cl)ccc1CNCCN1CCNC1=O. The van der Waals surface area contributed by atoms with Crippen molar-refractivity contribution in [1.29, 1.82) is 0 Å². The molecule has 0 aromatic heterocycles. The number of amides is 2. The van der Waals surface area contributed by atoms with Gasteiger partial charge in [0.2, 0.25) is 0 Å². The van der Waals surface area contributed by atoms with Gasteiger partial charge in [-0.3, -0.25) is 0 Å². The van der Waals surface area contributed by atoms with E-state index in [0.717, 1.165) is 6.26 Å². The molecular formula is C13H18ClN3O3S. The van der Waals surface area contributed by atoms with Crippen molar-refractivity contribution < 1.29 is 13.2 Å². The zero-order chi connectivity index (χ0) is 15.5. The highest BCUT2D eigenvalue weighted by molar-refractivity contribution is 7.90. The summed E-state index contributed by atoms with van der Waals surface area (Å²) in [6.07, 6.45) is 1.16. The van der Waals surface area contributed by atoms with Crippen LogP contribution in [0.5, 0.6) is 0 Å². The van der Waals surface area contributed by atoms with Crippen molar-refractivity contribution in [2.45, 2.75) is 11.4 Å². The van der Waals surface area contributed by atoms with Crippen LogP contribution in [0.15, 0.2) is 23.1 Å². The Morgan fingerprint density at radius 3 is 2.81 bits per heavy atom. The van der Waals surface area contributed by atoms with Gasteiger partial charge in [0.25, 0.3) is 0 Å². The number of urea groups is 1. The number of nitrogens with one attached hydrogen (secondary N) is 2. The molecule has 1 saturated heterocycles. The summed E-state index contributed by atoms with van der Waals surface area (Å²) in [4.78, 5) is 13.3. The summed E-state index contributed by atoms with van der Waals surface area (Å²) >= 11 is 5.85. The molecular weight excluding hydrogens is 314 g/mol. The summed E-state index contributed by atoms with van der Waals surface area (Å²) in [6, 6.07) is 4.78. The standard InChI is InChI=1S/C13H18ClN3O3S/c1-21(19,20)12-8-11(14)3-2-10(12)9-15-4-6-17-7-5-16-13(17)18/h2-3,8,15H,4-7,9H2,1H3,(H,16,18). The molecule has 0 spiro atoms. The molecule has 1 aromatic rings. The Kier molecular flexibility index (Phi) is 5.08. The van der Waals surface area contributed by atoms with Crippen LogP contribution in [-0.4, -0.2) is 51.8 Å². The third kappa shape index (κ3) is 4.33. The van der Waals surface area contributed by atoms with Gasteiger partial charge in [-0.1, -0.05) is 17.7 Å². The Morgan fingerprint density at radius 1 is 1.43 bits per heavy atom. The molecule has 0 saturated carbocycles. The van der Waals surface area contributed by atoms with Crippen LogP contribution in [0.1, 0.15) is 5.56 Å². The second-order valence-electron chi connectivity index (χ2n) is 4.92. The zero-order valence-electron chi connectivity index (χ0n) is 11.7. The number of sulfone groups is 1. The summed E-state index contributed by atoms with van der Waals surface area (Å²) in [5, 5.41) is 6.28. The lowest BCUT2D eigenvalue weighted by Crippen LogP contribution is -2.34. The first kappa shape index (κ1) is 16.1. The van der Waals surface area contributed by atoms with Crippen molar-refractivity contribution in [3.05, 3.63) is 28.8 Å². The van der Waals surface area contributed by atoms with E-state index in [1.54, 1.807) is 17.0 Å². The number of carbonyl (C=O) groups is 1. The molecule has 0 atom stereocenters. The van der Waals surface area contributed by atoms with E-state index in [9.17, 15) is 13.2 Å². The van der Waals surface area contributed by atoms with Gasteiger partial charge in [-0.25, -0.2) is 13.2 Å². The summed E-state index contributed by atoms with van der Waals surface area (Å²) in [5.74, 6) is 0. The maximum absolute atomic E-state index is 11.7. The minimum Gasteiger partial charge on any atom is -0.336 e. The fourth-order valence-electron chi connectivity index (χ4n) is 2.18. The predicted octanol–water partition coefficient (Wildman–Crippen LogP) is 0.858. The topological polar surface area (TPSA) is 78.5 Å². The summed E-state index contributed by atoms with van der Waals surface area (Å²) in [5.41, 5.74) is 0.674. The van der Waals surface area contributed by atoms with E-state index in [0.29, 0.717) is 43.3 Å². The lowest BCUT2D eigenvalue weighted by molar-refractivity contribution is 0.217. The van der Waals surface area contributed by atoms with Crippen LogP contribution in [0.4, 0.5) is 4.79 Å². The molecule has 1 aliphatic heterocycles. The molecule has 1 aromatic carbocycles. The van der Waals surface area contributed by atoms with Crippen molar-refractivity contribution in [3.8, 4) is 0 Å². The van der Waals surface area contributed by atoms with E-state index >= 15 is 0 Å². The van der Waals surface area contributed by atoms with Gasteiger partial charge in [0.05, 0.1) is 4.90 Å². The molecule has 116 valence electrons. The van der Waals surface area contributed by atoms with Gasteiger partial charge in [0.15, 0.2) is 9.84 Å². The van der Waals surface area contributed by atoms with Crippen LogP contribution in [0, 0.1) is 0 Å². The monoisotopic (exact) mass is 331 g/mol. The highest BCUT2D eigenvalue weighted by Gasteiger charge is 2.18.